The number of phosphoric acid groups is 2. The first-order valence-electron chi connectivity index (χ1n) is 37.2. The third kappa shape index (κ3) is 65.1. The van der Waals surface area contributed by atoms with E-state index >= 15 is 0 Å². The molecule has 0 aliphatic carbocycles. The summed E-state index contributed by atoms with van der Waals surface area (Å²) in [4.78, 5) is 72.6. The van der Waals surface area contributed by atoms with Crippen LogP contribution in [0.3, 0.4) is 0 Å². The second-order valence-electron chi connectivity index (χ2n) is 27.6. The first kappa shape index (κ1) is 89.1. The molecule has 0 aromatic carbocycles. The Kier molecular flexibility index (Phi) is 60.3. The molecule has 0 saturated carbocycles. The minimum absolute atomic E-state index is 0.104. The van der Waals surface area contributed by atoms with Gasteiger partial charge >= 0.3 is 39.5 Å². The van der Waals surface area contributed by atoms with Crippen LogP contribution in [-0.2, 0) is 65.4 Å². The zero-order valence-corrected chi connectivity index (χ0v) is 61.3. The van der Waals surface area contributed by atoms with Crippen LogP contribution >= 0.6 is 15.6 Å². The summed E-state index contributed by atoms with van der Waals surface area (Å²) in [6, 6.07) is 0. The van der Waals surface area contributed by atoms with Crippen molar-refractivity contribution in [3.63, 3.8) is 0 Å². The van der Waals surface area contributed by atoms with Crippen molar-refractivity contribution in [2.24, 2.45) is 23.7 Å². The van der Waals surface area contributed by atoms with Crippen LogP contribution < -0.4 is 0 Å². The number of phosphoric ester groups is 2. The maximum Gasteiger partial charge on any atom is 0.472 e. The lowest BCUT2D eigenvalue weighted by atomic mass is 9.99. The highest BCUT2D eigenvalue weighted by Crippen LogP contribution is 2.45. The van der Waals surface area contributed by atoms with Crippen LogP contribution in [0.1, 0.15) is 357 Å². The number of hydrogen-bond donors (Lipinski definition) is 3. The molecule has 0 rings (SSSR count). The summed E-state index contributed by atoms with van der Waals surface area (Å²) in [5.41, 5.74) is 0. The molecule has 0 aromatic rings. The summed E-state index contributed by atoms with van der Waals surface area (Å²) >= 11 is 0. The maximum atomic E-state index is 13.0. The predicted molar refractivity (Wildman–Crippen MR) is 367 cm³/mol. The monoisotopic (exact) mass is 1340 g/mol. The van der Waals surface area contributed by atoms with Gasteiger partial charge in [-0.3, -0.25) is 37.3 Å². The Morgan fingerprint density at radius 1 is 0.308 bits per heavy atom. The molecule has 540 valence electrons. The van der Waals surface area contributed by atoms with Gasteiger partial charge in [0.2, 0.25) is 0 Å². The predicted octanol–water partition coefficient (Wildman–Crippen LogP) is 20.5. The maximum absolute atomic E-state index is 13.0. The van der Waals surface area contributed by atoms with Crippen LogP contribution in [0.5, 0.6) is 0 Å². The van der Waals surface area contributed by atoms with Gasteiger partial charge in [0.25, 0.3) is 0 Å². The van der Waals surface area contributed by atoms with E-state index in [0.717, 1.165) is 114 Å². The molecule has 0 aliphatic heterocycles. The van der Waals surface area contributed by atoms with E-state index in [1.807, 2.05) is 0 Å². The number of hydrogen-bond acceptors (Lipinski definition) is 15. The van der Waals surface area contributed by atoms with Gasteiger partial charge in [-0.15, -0.1) is 0 Å². The molecule has 3 N–H and O–H groups in total. The highest BCUT2D eigenvalue weighted by Gasteiger charge is 2.30. The summed E-state index contributed by atoms with van der Waals surface area (Å²) < 4.78 is 68.3. The normalized spacial score (nSPS) is 14.5. The second kappa shape index (κ2) is 61.6. The number of unbranched alkanes of at least 4 members (excludes halogenated alkanes) is 34. The van der Waals surface area contributed by atoms with Crippen molar-refractivity contribution >= 4 is 39.5 Å². The van der Waals surface area contributed by atoms with Gasteiger partial charge in [-0.25, -0.2) is 9.13 Å². The third-order valence-corrected chi connectivity index (χ3v) is 18.8. The molecule has 0 spiro atoms. The SMILES string of the molecule is CCC(C)CCCCCCCCCCC(=O)O[C@H](COC(=O)CCCCCCCCCCC(C)C)COP(=O)(O)OCC(O)COP(=O)(O)OC[C@@H](COC(=O)CCCCCCCCCC(C)C)OC(=O)CCCCCCCCCCCCCCCCCC(C)C. The minimum atomic E-state index is -4.95. The third-order valence-electron chi connectivity index (χ3n) is 16.9. The molecule has 91 heavy (non-hydrogen) atoms. The zero-order valence-electron chi connectivity index (χ0n) is 59.5. The summed E-state index contributed by atoms with van der Waals surface area (Å²) in [6.07, 6.45) is 44.5. The highest BCUT2D eigenvalue weighted by atomic mass is 31.2. The van der Waals surface area contributed by atoms with E-state index < -0.39 is 97.5 Å². The van der Waals surface area contributed by atoms with Crippen molar-refractivity contribution in [1.82, 2.24) is 0 Å². The average molecular weight is 1340 g/mol. The summed E-state index contributed by atoms with van der Waals surface area (Å²) in [7, 11) is -9.91. The van der Waals surface area contributed by atoms with E-state index in [9.17, 15) is 43.2 Å². The van der Waals surface area contributed by atoms with Crippen LogP contribution in [0, 0.1) is 23.7 Å². The molecule has 0 aliphatic rings. The molecule has 0 fully saturated rings. The quantitative estimate of drug-likeness (QED) is 0.0222. The van der Waals surface area contributed by atoms with Gasteiger partial charge in [0, 0.05) is 25.7 Å². The fourth-order valence-electron chi connectivity index (χ4n) is 10.8. The molecule has 17 nitrogen and oxygen atoms in total. The molecule has 6 atom stereocenters. The van der Waals surface area contributed by atoms with E-state index in [1.165, 1.54) is 154 Å². The van der Waals surface area contributed by atoms with Crippen molar-refractivity contribution < 1.29 is 80.2 Å². The largest absolute Gasteiger partial charge is 0.472 e. The lowest BCUT2D eigenvalue weighted by Crippen LogP contribution is -2.30. The van der Waals surface area contributed by atoms with Gasteiger partial charge in [0.05, 0.1) is 26.4 Å². The van der Waals surface area contributed by atoms with Crippen LogP contribution in [0.15, 0.2) is 0 Å². The molecule has 0 heterocycles. The molecule has 0 saturated heterocycles. The zero-order chi connectivity index (χ0) is 67.5. The van der Waals surface area contributed by atoms with Gasteiger partial charge in [-0.2, -0.15) is 0 Å². The first-order chi connectivity index (χ1) is 43.6. The number of aliphatic hydroxyl groups is 1. The number of esters is 4. The number of ether oxygens (including phenoxy) is 4. The van der Waals surface area contributed by atoms with E-state index in [1.54, 1.807) is 0 Å². The summed E-state index contributed by atoms with van der Waals surface area (Å²) in [5, 5.41) is 10.6. The van der Waals surface area contributed by atoms with Crippen molar-refractivity contribution in [1.29, 1.82) is 0 Å². The topological polar surface area (TPSA) is 237 Å². The molecule has 0 radical (unpaired) electrons. The fourth-order valence-corrected chi connectivity index (χ4v) is 12.4. The molecular formula is C72H140O17P2. The van der Waals surface area contributed by atoms with E-state index in [0.29, 0.717) is 31.6 Å². The van der Waals surface area contributed by atoms with Crippen molar-refractivity contribution in [3.8, 4) is 0 Å². The van der Waals surface area contributed by atoms with Gasteiger partial charge in [0.1, 0.15) is 19.3 Å². The summed E-state index contributed by atoms with van der Waals surface area (Å²) in [6.45, 7) is 14.1. The van der Waals surface area contributed by atoms with Crippen LogP contribution in [0.4, 0.5) is 0 Å². The lowest BCUT2D eigenvalue weighted by molar-refractivity contribution is -0.161. The van der Waals surface area contributed by atoms with Crippen LogP contribution in [-0.4, -0.2) is 96.7 Å². The second-order valence-corrected chi connectivity index (χ2v) is 30.6. The van der Waals surface area contributed by atoms with E-state index in [-0.39, 0.29) is 25.7 Å². The Bertz CT molecular complexity index is 1800. The molecule has 0 aromatic heterocycles. The minimum Gasteiger partial charge on any atom is -0.462 e. The standard InChI is InChI=1S/C72H140O17P2/c1-9-65(8)51-43-35-27-20-22-30-39-47-55-72(77)89-67(58-82-69(74)52-44-36-28-21-19-25-33-41-49-63(4)5)60-86-90(78,79)84-56-66(73)57-85-91(80,81)87-61-68(59-83-70(75)53-45-37-31-23-26-34-42-50-64(6)7)88-71(76)54-46-38-29-18-16-14-12-10-11-13-15-17-24-32-40-48-62(2)3/h62-68,73H,9-61H2,1-8H3,(H,78,79)(H,80,81)/t65?,66?,67-,68-/m1/s1. The lowest BCUT2D eigenvalue weighted by Gasteiger charge is -2.21. The van der Waals surface area contributed by atoms with E-state index in [2.05, 4.69) is 55.4 Å². The van der Waals surface area contributed by atoms with Crippen molar-refractivity contribution in [2.75, 3.05) is 39.6 Å². The highest BCUT2D eigenvalue weighted by molar-refractivity contribution is 7.47. The van der Waals surface area contributed by atoms with Gasteiger partial charge < -0.3 is 33.8 Å². The van der Waals surface area contributed by atoms with Crippen LogP contribution in [0.25, 0.3) is 0 Å². The Morgan fingerprint density at radius 2 is 0.527 bits per heavy atom. The first-order valence-corrected chi connectivity index (χ1v) is 40.2. The van der Waals surface area contributed by atoms with Crippen molar-refractivity contribution in [3.05, 3.63) is 0 Å². The number of carbonyl (C=O) groups excluding carboxylic acids is 4. The summed E-state index contributed by atoms with van der Waals surface area (Å²) in [5.74, 6) is 0.874. The Balaban J connectivity index is 5.23. The van der Waals surface area contributed by atoms with E-state index in [4.69, 9.17) is 37.0 Å². The molecule has 4 unspecified atom stereocenters. The number of carbonyl (C=O) groups is 4. The number of aliphatic hydroxyl groups excluding tert-OH is 1. The number of rotatable bonds is 69. The fraction of sp³-hybridized carbons (Fsp3) is 0.944. The Labute approximate surface area is 556 Å². The Morgan fingerprint density at radius 3 is 0.780 bits per heavy atom. The smallest absolute Gasteiger partial charge is 0.462 e. The molecule has 0 bridgehead atoms. The molecule has 19 heteroatoms. The van der Waals surface area contributed by atoms with Gasteiger partial charge in [0.15, 0.2) is 12.2 Å². The average Bonchev–Trinajstić information content (AvgIpc) is 3.54. The van der Waals surface area contributed by atoms with Gasteiger partial charge in [-0.1, -0.05) is 306 Å². The van der Waals surface area contributed by atoms with Crippen LogP contribution in [0.2, 0.25) is 0 Å². The van der Waals surface area contributed by atoms with Crippen molar-refractivity contribution in [2.45, 2.75) is 375 Å². The Hall–Kier alpha value is -1.94. The molecule has 0 amide bonds. The van der Waals surface area contributed by atoms with Gasteiger partial charge in [-0.05, 0) is 49.4 Å². The molecular weight excluding hydrogens is 1200 g/mol.